The van der Waals surface area contributed by atoms with Crippen LogP contribution in [-0.2, 0) is 4.79 Å². The zero-order valence-electron chi connectivity index (χ0n) is 13.1. The predicted octanol–water partition coefficient (Wildman–Crippen LogP) is 1.32. The molecule has 2 rings (SSSR count). The lowest BCUT2D eigenvalue weighted by Crippen LogP contribution is -2.56. The van der Waals surface area contributed by atoms with E-state index in [2.05, 4.69) is 6.92 Å². The van der Waals surface area contributed by atoms with Gasteiger partial charge in [0.1, 0.15) is 6.04 Å². The number of aliphatic carboxylic acids is 1. The van der Waals surface area contributed by atoms with Crippen LogP contribution in [0.4, 0.5) is 4.79 Å². The summed E-state index contributed by atoms with van der Waals surface area (Å²) >= 11 is 0. The van der Waals surface area contributed by atoms with E-state index in [0.29, 0.717) is 32.1 Å². The van der Waals surface area contributed by atoms with E-state index < -0.39 is 12.0 Å². The molecule has 6 heteroatoms. The SMILES string of the molecule is CCC1CCCN(C(=O)N2CCN(C(C)C(=O)O)CC2)C1. The first-order valence-corrected chi connectivity index (χ1v) is 8.03. The maximum Gasteiger partial charge on any atom is 0.320 e. The van der Waals surface area contributed by atoms with E-state index in [9.17, 15) is 9.59 Å². The Balaban J connectivity index is 1.84. The molecule has 2 unspecified atom stereocenters. The smallest absolute Gasteiger partial charge is 0.320 e. The molecule has 2 amide bonds. The molecule has 0 aliphatic carbocycles. The lowest BCUT2D eigenvalue weighted by Gasteiger charge is -2.40. The van der Waals surface area contributed by atoms with Crippen LogP contribution in [0.25, 0.3) is 0 Å². The zero-order chi connectivity index (χ0) is 15.4. The molecule has 2 fully saturated rings. The first kappa shape index (κ1) is 16.1. The quantitative estimate of drug-likeness (QED) is 0.853. The largest absolute Gasteiger partial charge is 0.480 e. The van der Waals surface area contributed by atoms with Crippen LogP contribution in [0.15, 0.2) is 0 Å². The Hall–Kier alpha value is -1.30. The first-order valence-electron chi connectivity index (χ1n) is 8.03. The first-order chi connectivity index (χ1) is 10.0. The predicted molar refractivity (Wildman–Crippen MR) is 80.2 cm³/mol. The van der Waals surface area contributed by atoms with Gasteiger partial charge in [-0.25, -0.2) is 4.79 Å². The number of carboxylic acid groups (broad SMARTS) is 1. The highest BCUT2D eigenvalue weighted by Crippen LogP contribution is 2.20. The second kappa shape index (κ2) is 7.11. The van der Waals surface area contributed by atoms with Gasteiger partial charge in [-0.1, -0.05) is 13.3 Å². The summed E-state index contributed by atoms with van der Waals surface area (Å²) in [5.41, 5.74) is 0. The van der Waals surface area contributed by atoms with Crippen LogP contribution in [0.1, 0.15) is 33.1 Å². The van der Waals surface area contributed by atoms with Crippen LogP contribution in [0, 0.1) is 5.92 Å². The highest BCUT2D eigenvalue weighted by Gasteiger charge is 2.30. The van der Waals surface area contributed by atoms with Gasteiger partial charge < -0.3 is 14.9 Å². The highest BCUT2D eigenvalue weighted by atomic mass is 16.4. The Bertz CT molecular complexity index is 380. The minimum Gasteiger partial charge on any atom is -0.480 e. The molecule has 2 heterocycles. The summed E-state index contributed by atoms with van der Waals surface area (Å²) in [5.74, 6) is -0.160. The minimum atomic E-state index is -0.795. The van der Waals surface area contributed by atoms with Crippen molar-refractivity contribution in [3.05, 3.63) is 0 Å². The van der Waals surface area contributed by atoms with E-state index in [1.807, 2.05) is 14.7 Å². The Morgan fingerprint density at radius 2 is 1.81 bits per heavy atom. The average molecular weight is 297 g/mol. The molecule has 0 aromatic carbocycles. The number of carboxylic acids is 1. The zero-order valence-corrected chi connectivity index (χ0v) is 13.1. The molecule has 120 valence electrons. The Morgan fingerprint density at radius 3 is 2.38 bits per heavy atom. The summed E-state index contributed by atoms with van der Waals surface area (Å²) in [5, 5.41) is 9.04. The van der Waals surface area contributed by atoms with Crippen LogP contribution in [0.2, 0.25) is 0 Å². The topological polar surface area (TPSA) is 64.1 Å². The molecular weight excluding hydrogens is 270 g/mol. The summed E-state index contributed by atoms with van der Waals surface area (Å²) in [6, 6.07) is -0.336. The highest BCUT2D eigenvalue weighted by molar-refractivity contribution is 5.75. The molecular formula is C15H27N3O3. The molecule has 21 heavy (non-hydrogen) atoms. The van der Waals surface area contributed by atoms with Crippen molar-refractivity contribution in [3.8, 4) is 0 Å². The average Bonchev–Trinajstić information content (AvgIpc) is 2.53. The lowest BCUT2D eigenvalue weighted by molar-refractivity contribution is -0.143. The third kappa shape index (κ3) is 3.87. The number of hydrogen-bond donors (Lipinski definition) is 1. The molecule has 0 spiro atoms. The van der Waals surface area contributed by atoms with Crippen LogP contribution in [0.5, 0.6) is 0 Å². The second-order valence-electron chi connectivity index (χ2n) is 6.18. The van der Waals surface area contributed by atoms with Crippen molar-refractivity contribution in [2.24, 2.45) is 5.92 Å². The summed E-state index contributed by atoms with van der Waals surface area (Å²) in [7, 11) is 0. The maximum absolute atomic E-state index is 12.5. The van der Waals surface area contributed by atoms with Crippen molar-refractivity contribution in [1.29, 1.82) is 0 Å². The van der Waals surface area contributed by atoms with Crippen LogP contribution >= 0.6 is 0 Å². The molecule has 6 nitrogen and oxygen atoms in total. The van der Waals surface area contributed by atoms with Gasteiger partial charge in [0.15, 0.2) is 0 Å². The number of hydrogen-bond acceptors (Lipinski definition) is 3. The van der Waals surface area contributed by atoms with E-state index in [1.54, 1.807) is 6.92 Å². The van der Waals surface area contributed by atoms with Gasteiger partial charge in [-0.2, -0.15) is 0 Å². The molecule has 2 atom stereocenters. The molecule has 2 aliphatic rings. The van der Waals surface area contributed by atoms with E-state index >= 15 is 0 Å². The van der Waals surface area contributed by atoms with Gasteiger partial charge in [0, 0.05) is 39.3 Å². The number of urea groups is 1. The third-order valence-electron chi connectivity index (χ3n) is 4.86. The van der Waals surface area contributed by atoms with Crippen LogP contribution in [-0.4, -0.2) is 77.1 Å². The van der Waals surface area contributed by atoms with Gasteiger partial charge in [0.05, 0.1) is 0 Å². The fourth-order valence-corrected chi connectivity index (χ4v) is 3.23. The second-order valence-corrected chi connectivity index (χ2v) is 6.18. The van der Waals surface area contributed by atoms with Gasteiger partial charge in [-0.3, -0.25) is 9.69 Å². The summed E-state index contributed by atoms with van der Waals surface area (Å²) in [6.07, 6.45) is 3.46. The maximum atomic E-state index is 12.5. The number of amides is 2. The Kier molecular flexibility index (Phi) is 5.45. The molecule has 0 aromatic heterocycles. The molecule has 0 saturated carbocycles. The van der Waals surface area contributed by atoms with Crippen molar-refractivity contribution in [2.75, 3.05) is 39.3 Å². The Morgan fingerprint density at radius 1 is 1.14 bits per heavy atom. The van der Waals surface area contributed by atoms with E-state index in [0.717, 1.165) is 25.9 Å². The number of carbonyl (C=O) groups excluding carboxylic acids is 1. The van der Waals surface area contributed by atoms with Crippen molar-refractivity contribution < 1.29 is 14.7 Å². The molecule has 0 radical (unpaired) electrons. The van der Waals surface area contributed by atoms with Gasteiger partial charge in [-0.05, 0) is 25.7 Å². The normalized spacial score (nSPS) is 25.7. The van der Waals surface area contributed by atoms with Crippen LogP contribution < -0.4 is 0 Å². The van der Waals surface area contributed by atoms with Crippen molar-refractivity contribution in [1.82, 2.24) is 14.7 Å². The van der Waals surface area contributed by atoms with Crippen molar-refractivity contribution in [2.45, 2.75) is 39.2 Å². The number of nitrogens with zero attached hydrogens (tertiary/aromatic N) is 3. The molecule has 0 aromatic rings. The monoisotopic (exact) mass is 297 g/mol. The van der Waals surface area contributed by atoms with E-state index in [1.165, 1.54) is 6.42 Å². The fourth-order valence-electron chi connectivity index (χ4n) is 3.23. The standard InChI is InChI=1S/C15H27N3O3/c1-3-13-5-4-6-18(11-13)15(21)17-9-7-16(8-10-17)12(2)14(19)20/h12-13H,3-11H2,1-2H3,(H,19,20). The number of piperazine rings is 1. The Labute approximate surface area is 126 Å². The summed E-state index contributed by atoms with van der Waals surface area (Å²) < 4.78 is 0. The van der Waals surface area contributed by atoms with Crippen LogP contribution in [0.3, 0.4) is 0 Å². The van der Waals surface area contributed by atoms with Crippen molar-refractivity contribution >= 4 is 12.0 Å². The number of rotatable bonds is 3. The number of likely N-dealkylation sites (tertiary alicyclic amines) is 1. The van der Waals surface area contributed by atoms with Gasteiger partial charge in [0.25, 0.3) is 0 Å². The summed E-state index contributed by atoms with van der Waals surface area (Å²) in [4.78, 5) is 29.3. The molecule has 2 aliphatic heterocycles. The molecule has 2 saturated heterocycles. The number of piperidine rings is 1. The number of carbonyl (C=O) groups is 2. The van der Waals surface area contributed by atoms with E-state index in [-0.39, 0.29) is 6.03 Å². The molecule has 0 bridgehead atoms. The fraction of sp³-hybridized carbons (Fsp3) is 0.867. The lowest BCUT2D eigenvalue weighted by atomic mass is 9.96. The van der Waals surface area contributed by atoms with E-state index in [4.69, 9.17) is 5.11 Å². The van der Waals surface area contributed by atoms with Gasteiger partial charge in [-0.15, -0.1) is 0 Å². The minimum absolute atomic E-state index is 0.135. The molecule has 1 N–H and O–H groups in total. The van der Waals surface area contributed by atoms with Crippen molar-refractivity contribution in [3.63, 3.8) is 0 Å². The third-order valence-corrected chi connectivity index (χ3v) is 4.86. The summed E-state index contributed by atoms with van der Waals surface area (Å²) in [6.45, 7) is 8.17. The van der Waals surface area contributed by atoms with Gasteiger partial charge in [0.2, 0.25) is 0 Å². The van der Waals surface area contributed by atoms with Gasteiger partial charge >= 0.3 is 12.0 Å².